The summed E-state index contributed by atoms with van der Waals surface area (Å²) >= 11 is 1.40. The van der Waals surface area contributed by atoms with Crippen molar-refractivity contribution < 1.29 is 13.5 Å². The standard InChI is InChI=1S/C22H19F2N3OS/c23-19-10-20(24)12-21(11-19)28-14-18-9-5-4-8-17(18)13-26-27-22(25)29-15-16-6-2-1-3-7-16/h1-13H,14-15H2,(H2,25,27). The lowest BCUT2D eigenvalue weighted by Gasteiger charge is -2.08. The van der Waals surface area contributed by atoms with Gasteiger partial charge in [0.15, 0.2) is 5.17 Å². The van der Waals surface area contributed by atoms with Gasteiger partial charge in [-0.15, -0.1) is 5.10 Å². The summed E-state index contributed by atoms with van der Waals surface area (Å²) < 4.78 is 32.1. The van der Waals surface area contributed by atoms with E-state index in [0.29, 0.717) is 10.9 Å². The van der Waals surface area contributed by atoms with Gasteiger partial charge in [-0.3, -0.25) is 0 Å². The maximum Gasteiger partial charge on any atom is 0.180 e. The van der Waals surface area contributed by atoms with E-state index in [2.05, 4.69) is 10.2 Å². The molecular formula is C22H19F2N3OS. The molecule has 3 aromatic rings. The highest BCUT2D eigenvalue weighted by molar-refractivity contribution is 8.13. The van der Waals surface area contributed by atoms with Crippen LogP contribution in [0.25, 0.3) is 0 Å². The van der Waals surface area contributed by atoms with Crippen LogP contribution < -0.4 is 10.5 Å². The highest BCUT2D eigenvalue weighted by Gasteiger charge is 2.04. The number of hydrogen-bond acceptors (Lipinski definition) is 4. The molecule has 0 saturated carbocycles. The Morgan fingerprint density at radius 2 is 1.66 bits per heavy atom. The van der Waals surface area contributed by atoms with Gasteiger partial charge in [-0.1, -0.05) is 66.4 Å². The molecule has 0 aromatic heterocycles. The Morgan fingerprint density at radius 3 is 2.41 bits per heavy atom. The van der Waals surface area contributed by atoms with Crippen molar-refractivity contribution in [3.63, 3.8) is 0 Å². The number of nitrogens with zero attached hydrogens (tertiary/aromatic N) is 2. The number of hydrogen-bond donors (Lipinski definition) is 1. The van der Waals surface area contributed by atoms with E-state index in [-0.39, 0.29) is 12.4 Å². The summed E-state index contributed by atoms with van der Waals surface area (Å²) in [6.07, 6.45) is 1.57. The number of amidine groups is 1. The molecule has 3 rings (SSSR count). The minimum absolute atomic E-state index is 0.119. The van der Waals surface area contributed by atoms with Gasteiger partial charge in [-0.05, 0) is 11.1 Å². The molecule has 0 bridgehead atoms. The molecule has 0 saturated heterocycles. The van der Waals surface area contributed by atoms with E-state index >= 15 is 0 Å². The number of thioether (sulfide) groups is 1. The van der Waals surface area contributed by atoms with E-state index < -0.39 is 11.6 Å². The van der Waals surface area contributed by atoms with Gasteiger partial charge < -0.3 is 10.5 Å². The molecule has 7 heteroatoms. The first-order chi connectivity index (χ1) is 14.1. The molecule has 0 atom stereocenters. The van der Waals surface area contributed by atoms with Crippen molar-refractivity contribution in [3.05, 3.63) is 101 Å². The zero-order valence-electron chi connectivity index (χ0n) is 15.5. The fourth-order valence-electron chi connectivity index (χ4n) is 2.47. The quantitative estimate of drug-likeness (QED) is 0.333. The van der Waals surface area contributed by atoms with Crippen molar-refractivity contribution in [3.8, 4) is 5.75 Å². The molecule has 3 aromatic carbocycles. The van der Waals surface area contributed by atoms with Crippen LogP contribution in [0.2, 0.25) is 0 Å². The first-order valence-electron chi connectivity index (χ1n) is 8.80. The van der Waals surface area contributed by atoms with E-state index in [0.717, 1.165) is 34.9 Å². The Hall–Kier alpha value is -3.19. The normalized spacial score (nSPS) is 11.7. The van der Waals surface area contributed by atoms with Crippen LogP contribution in [0.5, 0.6) is 5.75 Å². The number of ether oxygens (including phenoxy) is 1. The molecule has 2 N–H and O–H groups in total. The number of benzene rings is 3. The minimum atomic E-state index is -0.687. The lowest BCUT2D eigenvalue weighted by Crippen LogP contribution is -2.06. The predicted octanol–water partition coefficient (Wildman–Crippen LogP) is 5.13. The molecule has 0 aliphatic heterocycles. The molecular weight excluding hydrogens is 392 g/mol. The van der Waals surface area contributed by atoms with Crippen molar-refractivity contribution in [2.75, 3.05) is 0 Å². The van der Waals surface area contributed by atoms with Crippen molar-refractivity contribution in [2.45, 2.75) is 12.4 Å². The smallest absolute Gasteiger partial charge is 0.180 e. The zero-order valence-corrected chi connectivity index (χ0v) is 16.3. The zero-order chi connectivity index (χ0) is 20.5. The molecule has 0 radical (unpaired) electrons. The number of rotatable bonds is 7. The highest BCUT2D eigenvalue weighted by Crippen LogP contribution is 2.18. The van der Waals surface area contributed by atoms with Crippen LogP contribution in [0.3, 0.4) is 0 Å². The monoisotopic (exact) mass is 411 g/mol. The van der Waals surface area contributed by atoms with Gasteiger partial charge in [0.1, 0.15) is 24.0 Å². The third kappa shape index (κ3) is 6.73. The van der Waals surface area contributed by atoms with E-state index in [4.69, 9.17) is 10.5 Å². The largest absolute Gasteiger partial charge is 0.489 e. The first kappa shape index (κ1) is 20.5. The Labute approximate surface area is 172 Å². The highest BCUT2D eigenvalue weighted by atomic mass is 32.2. The fraction of sp³-hybridized carbons (Fsp3) is 0.0909. The van der Waals surface area contributed by atoms with Crippen LogP contribution in [0.4, 0.5) is 8.78 Å². The Balaban J connectivity index is 1.60. The molecule has 29 heavy (non-hydrogen) atoms. The summed E-state index contributed by atoms with van der Waals surface area (Å²) in [6.45, 7) is 0.132. The van der Waals surface area contributed by atoms with Crippen LogP contribution in [-0.4, -0.2) is 11.4 Å². The molecule has 0 spiro atoms. The average molecular weight is 411 g/mol. The second-order valence-electron chi connectivity index (χ2n) is 6.05. The first-order valence-corrected chi connectivity index (χ1v) is 9.79. The molecule has 0 amide bonds. The van der Waals surface area contributed by atoms with Crippen LogP contribution in [0.1, 0.15) is 16.7 Å². The van der Waals surface area contributed by atoms with Crippen molar-refractivity contribution in [1.82, 2.24) is 0 Å². The van der Waals surface area contributed by atoms with Gasteiger partial charge in [-0.25, -0.2) is 8.78 Å². The van der Waals surface area contributed by atoms with E-state index in [1.165, 1.54) is 11.8 Å². The summed E-state index contributed by atoms with van der Waals surface area (Å²) in [4.78, 5) is 0. The lowest BCUT2D eigenvalue weighted by atomic mass is 10.1. The van der Waals surface area contributed by atoms with Crippen LogP contribution in [0, 0.1) is 11.6 Å². The molecule has 0 unspecified atom stereocenters. The van der Waals surface area contributed by atoms with Crippen molar-refractivity contribution in [2.24, 2.45) is 15.9 Å². The molecule has 0 aliphatic carbocycles. The van der Waals surface area contributed by atoms with Crippen LogP contribution in [0.15, 0.2) is 83.0 Å². The van der Waals surface area contributed by atoms with Crippen molar-refractivity contribution >= 4 is 23.1 Å². The second-order valence-corrected chi connectivity index (χ2v) is 7.05. The van der Waals surface area contributed by atoms with Crippen LogP contribution >= 0.6 is 11.8 Å². The third-order valence-electron chi connectivity index (χ3n) is 3.87. The van der Waals surface area contributed by atoms with Gasteiger partial charge in [0.25, 0.3) is 0 Å². The van der Waals surface area contributed by atoms with Gasteiger partial charge >= 0.3 is 0 Å². The Morgan fingerprint density at radius 1 is 0.966 bits per heavy atom. The molecule has 4 nitrogen and oxygen atoms in total. The van der Waals surface area contributed by atoms with E-state index in [9.17, 15) is 8.78 Å². The number of halogens is 2. The average Bonchev–Trinajstić information content (AvgIpc) is 2.72. The van der Waals surface area contributed by atoms with Gasteiger partial charge in [0, 0.05) is 29.5 Å². The topological polar surface area (TPSA) is 60.0 Å². The fourth-order valence-corrected chi connectivity index (χ4v) is 3.08. The van der Waals surface area contributed by atoms with Crippen molar-refractivity contribution in [1.29, 1.82) is 0 Å². The Bertz CT molecular complexity index is 990. The van der Waals surface area contributed by atoms with E-state index in [1.54, 1.807) is 6.21 Å². The van der Waals surface area contributed by atoms with Gasteiger partial charge in [-0.2, -0.15) is 5.10 Å². The predicted molar refractivity (Wildman–Crippen MR) is 114 cm³/mol. The lowest BCUT2D eigenvalue weighted by molar-refractivity contribution is 0.302. The maximum absolute atomic E-state index is 13.3. The van der Waals surface area contributed by atoms with Gasteiger partial charge in [0.05, 0.1) is 6.21 Å². The maximum atomic E-state index is 13.3. The second kappa shape index (κ2) is 10.4. The summed E-state index contributed by atoms with van der Waals surface area (Å²) in [5, 5.41) is 8.40. The van der Waals surface area contributed by atoms with Gasteiger partial charge in [0.2, 0.25) is 0 Å². The summed E-state index contributed by atoms with van der Waals surface area (Å²) in [6, 6.07) is 20.4. The third-order valence-corrected chi connectivity index (χ3v) is 4.72. The summed E-state index contributed by atoms with van der Waals surface area (Å²) in [7, 11) is 0. The minimum Gasteiger partial charge on any atom is -0.489 e. The summed E-state index contributed by atoms with van der Waals surface area (Å²) in [5.74, 6) is -0.547. The molecule has 0 aliphatic rings. The molecule has 0 heterocycles. The SMILES string of the molecule is NC(=NN=Cc1ccccc1COc1cc(F)cc(F)c1)SCc1ccccc1. The molecule has 0 fully saturated rings. The number of nitrogens with two attached hydrogens (primary N) is 1. The van der Waals surface area contributed by atoms with Crippen LogP contribution in [-0.2, 0) is 12.4 Å². The van der Waals surface area contributed by atoms with E-state index in [1.807, 2.05) is 54.6 Å². The summed E-state index contributed by atoms with van der Waals surface area (Å²) in [5.41, 5.74) is 8.61. The molecule has 148 valence electrons. The Kier molecular flexibility index (Phi) is 7.35.